The molecule has 0 amide bonds. The zero-order valence-electron chi connectivity index (χ0n) is 9.45. The molecule has 1 aromatic rings. The monoisotopic (exact) mass is 279 g/mol. The second-order valence-electron chi connectivity index (χ2n) is 5.15. The van der Waals surface area contributed by atoms with Crippen LogP contribution in [-0.2, 0) is 0 Å². The fourth-order valence-electron chi connectivity index (χ4n) is 2.39. The molecule has 3 rings (SSSR count). The van der Waals surface area contributed by atoms with E-state index in [4.69, 9.17) is 0 Å². The van der Waals surface area contributed by atoms with Crippen molar-refractivity contribution in [3.8, 4) is 0 Å². The van der Waals surface area contributed by atoms with Crippen LogP contribution in [0.1, 0.15) is 37.2 Å². The largest absolute Gasteiger partial charge is 0.313 e. The second-order valence-corrected chi connectivity index (χ2v) is 6.00. The fraction of sp³-hybridized carbons (Fsp3) is 0.571. The molecular formula is C14H18BrN. The molecule has 1 N–H and O–H groups in total. The SMILES string of the molecule is Brc1ccccc1C(CNC1CC1)C1CC1. The number of nitrogens with one attached hydrogen (secondary N) is 1. The van der Waals surface area contributed by atoms with Crippen LogP contribution in [0.25, 0.3) is 0 Å². The minimum Gasteiger partial charge on any atom is -0.313 e. The Labute approximate surface area is 106 Å². The average Bonchev–Trinajstić information content (AvgIpc) is 3.15. The standard InChI is InChI=1S/C14H18BrN/c15-14-4-2-1-3-12(14)13(10-5-6-10)9-16-11-7-8-11/h1-4,10-11,13,16H,5-9H2. The highest BCUT2D eigenvalue weighted by molar-refractivity contribution is 9.10. The third kappa shape index (κ3) is 2.49. The molecule has 1 nitrogen and oxygen atoms in total. The van der Waals surface area contributed by atoms with Crippen LogP contribution in [-0.4, -0.2) is 12.6 Å². The maximum Gasteiger partial charge on any atom is 0.0210 e. The minimum atomic E-state index is 0.719. The van der Waals surface area contributed by atoms with Crippen molar-refractivity contribution >= 4 is 15.9 Å². The maximum absolute atomic E-state index is 3.69. The van der Waals surface area contributed by atoms with Gasteiger partial charge in [-0.1, -0.05) is 34.1 Å². The number of hydrogen-bond donors (Lipinski definition) is 1. The van der Waals surface area contributed by atoms with E-state index in [0.717, 1.165) is 24.4 Å². The van der Waals surface area contributed by atoms with Crippen molar-refractivity contribution in [3.63, 3.8) is 0 Å². The Hall–Kier alpha value is -0.340. The predicted molar refractivity (Wildman–Crippen MR) is 70.6 cm³/mol. The summed E-state index contributed by atoms with van der Waals surface area (Å²) in [4.78, 5) is 0. The van der Waals surface area contributed by atoms with Crippen LogP contribution >= 0.6 is 15.9 Å². The molecule has 1 unspecified atom stereocenters. The summed E-state index contributed by atoms with van der Waals surface area (Å²) in [5.74, 6) is 1.64. The van der Waals surface area contributed by atoms with Gasteiger partial charge in [0.1, 0.15) is 0 Å². The van der Waals surface area contributed by atoms with E-state index in [9.17, 15) is 0 Å². The van der Waals surface area contributed by atoms with E-state index in [2.05, 4.69) is 45.5 Å². The number of benzene rings is 1. The number of halogens is 1. The molecule has 0 bridgehead atoms. The lowest BCUT2D eigenvalue weighted by atomic mass is 9.94. The molecule has 1 aromatic carbocycles. The summed E-state index contributed by atoms with van der Waals surface area (Å²) in [6.07, 6.45) is 5.59. The highest BCUT2D eigenvalue weighted by Gasteiger charge is 2.34. The Morgan fingerprint density at radius 1 is 1.19 bits per heavy atom. The molecule has 2 aliphatic carbocycles. The third-order valence-electron chi connectivity index (χ3n) is 3.70. The van der Waals surface area contributed by atoms with Crippen LogP contribution in [0, 0.1) is 5.92 Å². The lowest BCUT2D eigenvalue weighted by Crippen LogP contribution is -2.24. The first kappa shape index (κ1) is 10.8. The van der Waals surface area contributed by atoms with E-state index in [1.807, 2.05) is 0 Å². The van der Waals surface area contributed by atoms with Gasteiger partial charge in [-0.2, -0.15) is 0 Å². The molecule has 0 aromatic heterocycles. The lowest BCUT2D eigenvalue weighted by Gasteiger charge is -2.19. The normalized spacial score (nSPS) is 22.1. The van der Waals surface area contributed by atoms with Crippen LogP contribution in [0.15, 0.2) is 28.7 Å². The summed E-state index contributed by atoms with van der Waals surface area (Å²) in [7, 11) is 0. The van der Waals surface area contributed by atoms with Crippen LogP contribution in [0.5, 0.6) is 0 Å². The van der Waals surface area contributed by atoms with E-state index < -0.39 is 0 Å². The molecule has 0 heterocycles. The number of rotatable bonds is 5. The maximum atomic E-state index is 3.69. The van der Waals surface area contributed by atoms with Gasteiger partial charge >= 0.3 is 0 Å². The van der Waals surface area contributed by atoms with Gasteiger partial charge in [0.25, 0.3) is 0 Å². The van der Waals surface area contributed by atoms with E-state index in [1.165, 1.54) is 35.7 Å². The quantitative estimate of drug-likeness (QED) is 0.867. The van der Waals surface area contributed by atoms with E-state index >= 15 is 0 Å². The van der Waals surface area contributed by atoms with Gasteiger partial charge in [-0.05, 0) is 43.2 Å². The van der Waals surface area contributed by atoms with Gasteiger partial charge < -0.3 is 5.32 Å². The molecule has 0 spiro atoms. The molecule has 0 aliphatic heterocycles. The first-order valence-electron chi connectivity index (χ1n) is 6.32. The first-order chi connectivity index (χ1) is 7.84. The van der Waals surface area contributed by atoms with Crippen molar-refractivity contribution in [2.24, 2.45) is 5.92 Å². The summed E-state index contributed by atoms with van der Waals surface area (Å²) in [6.45, 7) is 1.16. The van der Waals surface area contributed by atoms with Gasteiger partial charge in [-0.25, -0.2) is 0 Å². The van der Waals surface area contributed by atoms with E-state index in [1.54, 1.807) is 0 Å². The Kier molecular flexibility index (Phi) is 3.03. The molecule has 2 heteroatoms. The summed E-state index contributed by atoms with van der Waals surface area (Å²) in [6, 6.07) is 9.53. The molecule has 1 atom stereocenters. The predicted octanol–water partition coefficient (Wildman–Crippen LogP) is 3.69. The molecule has 16 heavy (non-hydrogen) atoms. The first-order valence-corrected chi connectivity index (χ1v) is 7.11. The van der Waals surface area contributed by atoms with Crippen LogP contribution in [0.4, 0.5) is 0 Å². The van der Waals surface area contributed by atoms with Gasteiger partial charge in [0.05, 0.1) is 0 Å². The number of hydrogen-bond acceptors (Lipinski definition) is 1. The van der Waals surface area contributed by atoms with Gasteiger partial charge in [0, 0.05) is 23.0 Å². The molecule has 2 fully saturated rings. The van der Waals surface area contributed by atoms with Gasteiger partial charge in [0.2, 0.25) is 0 Å². The van der Waals surface area contributed by atoms with Crippen molar-refractivity contribution in [1.82, 2.24) is 5.32 Å². The van der Waals surface area contributed by atoms with Crippen LogP contribution in [0.2, 0.25) is 0 Å². The summed E-state index contributed by atoms with van der Waals surface area (Å²) < 4.78 is 1.28. The van der Waals surface area contributed by atoms with Gasteiger partial charge in [0.15, 0.2) is 0 Å². The minimum absolute atomic E-state index is 0.719. The van der Waals surface area contributed by atoms with E-state index in [0.29, 0.717) is 0 Å². The van der Waals surface area contributed by atoms with Crippen molar-refractivity contribution in [2.75, 3.05) is 6.54 Å². The van der Waals surface area contributed by atoms with Gasteiger partial charge in [-0.15, -0.1) is 0 Å². The van der Waals surface area contributed by atoms with E-state index in [-0.39, 0.29) is 0 Å². The molecular weight excluding hydrogens is 262 g/mol. The second kappa shape index (κ2) is 4.50. The highest BCUT2D eigenvalue weighted by Crippen LogP contribution is 2.44. The molecule has 2 saturated carbocycles. The van der Waals surface area contributed by atoms with Crippen LogP contribution < -0.4 is 5.32 Å². The van der Waals surface area contributed by atoms with Crippen LogP contribution in [0.3, 0.4) is 0 Å². The van der Waals surface area contributed by atoms with Gasteiger partial charge in [-0.3, -0.25) is 0 Å². The molecule has 0 radical (unpaired) electrons. The Morgan fingerprint density at radius 2 is 1.94 bits per heavy atom. The Balaban J connectivity index is 1.73. The lowest BCUT2D eigenvalue weighted by molar-refractivity contribution is 0.531. The smallest absolute Gasteiger partial charge is 0.0210 e. The highest BCUT2D eigenvalue weighted by atomic mass is 79.9. The fourth-order valence-corrected chi connectivity index (χ4v) is 2.96. The zero-order valence-corrected chi connectivity index (χ0v) is 11.0. The molecule has 86 valence electrons. The topological polar surface area (TPSA) is 12.0 Å². The summed E-state index contributed by atoms with van der Waals surface area (Å²) in [5, 5.41) is 3.68. The van der Waals surface area contributed by atoms with Crippen molar-refractivity contribution < 1.29 is 0 Å². The zero-order chi connectivity index (χ0) is 11.0. The molecule has 2 aliphatic rings. The summed E-state index contributed by atoms with van der Waals surface area (Å²) in [5.41, 5.74) is 1.50. The van der Waals surface area contributed by atoms with Crippen molar-refractivity contribution in [3.05, 3.63) is 34.3 Å². The van der Waals surface area contributed by atoms with Crippen molar-refractivity contribution in [2.45, 2.75) is 37.6 Å². The molecule has 0 saturated heterocycles. The Bertz CT molecular complexity index is 369. The Morgan fingerprint density at radius 3 is 2.56 bits per heavy atom. The van der Waals surface area contributed by atoms with Crippen molar-refractivity contribution in [1.29, 1.82) is 0 Å². The summed E-state index contributed by atoms with van der Waals surface area (Å²) >= 11 is 3.69. The average molecular weight is 280 g/mol. The third-order valence-corrected chi connectivity index (χ3v) is 4.42.